The Morgan fingerprint density at radius 3 is 2.54 bits per heavy atom. The molecule has 0 spiro atoms. The Kier molecular flexibility index (Phi) is 6.98. The molecule has 1 heterocycles. The van der Waals surface area contributed by atoms with Gasteiger partial charge in [-0.3, -0.25) is 0 Å². The first-order valence-corrected chi connectivity index (χ1v) is 8.96. The van der Waals surface area contributed by atoms with Crippen molar-refractivity contribution in [2.24, 2.45) is 4.99 Å². The molecule has 2 rings (SSSR count). The van der Waals surface area contributed by atoms with Crippen molar-refractivity contribution in [3.63, 3.8) is 0 Å². The summed E-state index contributed by atoms with van der Waals surface area (Å²) in [6, 6.07) is 7.52. The van der Waals surface area contributed by atoms with Gasteiger partial charge in [-0.25, -0.2) is 9.98 Å². The molecule has 9 heteroatoms. The van der Waals surface area contributed by atoms with Gasteiger partial charge in [0.2, 0.25) is 0 Å². The number of nitrogens with zero attached hydrogens (tertiary/aromatic N) is 2. The van der Waals surface area contributed by atoms with E-state index in [0.717, 1.165) is 27.8 Å². The Hall–Kier alpha value is -2.13. The van der Waals surface area contributed by atoms with E-state index in [4.69, 9.17) is 0 Å². The molecule has 0 bridgehead atoms. The molecule has 0 saturated carbocycles. The highest BCUT2D eigenvalue weighted by Gasteiger charge is 2.33. The highest BCUT2D eigenvalue weighted by molar-refractivity contribution is 7.09. The van der Waals surface area contributed by atoms with E-state index in [1.165, 1.54) is 0 Å². The van der Waals surface area contributed by atoms with Crippen LogP contribution in [0.1, 0.15) is 34.9 Å². The maximum Gasteiger partial charge on any atom is 0.434 e. The van der Waals surface area contributed by atoms with Gasteiger partial charge in [-0.15, -0.1) is 11.3 Å². The van der Waals surface area contributed by atoms with Crippen LogP contribution in [0.3, 0.4) is 0 Å². The summed E-state index contributed by atoms with van der Waals surface area (Å²) in [5.41, 5.74) is 0.972. The molecule has 0 aliphatic rings. The van der Waals surface area contributed by atoms with Gasteiger partial charge in [0.05, 0.1) is 12.6 Å². The van der Waals surface area contributed by atoms with E-state index in [-0.39, 0.29) is 18.1 Å². The SMILES string of the molecule is CCNC(=NCc1nc(C(F)(F)F)cs1)NCC(O)c1ccc(C)cc1. The highest BCUT2D eigenvalue weighted by atomic mass is 32.1. The molecule has 1 atom stereocenters. The van der Waals surface area contributed by atoms with Crippen LogP contribution in [0.2, 0.25) is 0 Å². The summed E-state index contributed by atoms with van der Waals surface area (Å²) in [4.78, 5) is 7.77. The molecular formula is C17H21F3N4OS. The maximum atomic E-state index is 12.6. The van der Waals surface area contributed by atoms with Crippen LogP contribution in [0, 0.1) is 6.92 Å². The molecule has 0 aliphatic heterocycles. The number of nitrogens with one attached hydrogen (secondary N) is 2. The first kappa shape index (κ1) is 20.2. The zero-order valence-electron chi connectivity index (χ0n) is 14.5. The predicted molar refractivity (Wildman–Crippen MR) is 96.1 cm³/mol. The third-order valence-corrected chi connectivity index (χ3v) is 4.32. The molecule has 0 amide bonds. The summed E-state index contributed by atoms with van der Waals surface area (Å²) in [5.74, 6) is 0.405. The highest BCUT2D eigenvalue weighted by Crippen LogP contribution is 2.30. The van der Waals surface area contributed by atoms with Crippen molar-refractivity contribution < 1.29 is 18.3 Å². The van der Waals surface area contributed by atoms with Gasteiger partial charge in [0, 0.05) is 18.5 Å². The average Bonchev–Trinajstić information content (AvgIpc) is 3.07. The van der Waals surface area contributed by atoms with Crippen molar-refractivity contribution >= 4 is 17.3 Å². The molecule has 0 radical (unpaired) electrons. The van der Waals surface area contributed by atoms with Crippen LogP contribution >= 0.6 is 11.3 Å². The summed E-state index contributed by atoms with van der Waals surface area (Å²) in [6.07, 6.45) is -5.17. The second-order valence-corrected chi connectivity index (χ2v) is 6.57. The van der Waals surface area contributed by atoms with Crippen molar-refractivity contribution in [3.05, 3.63) is 51.5 Å². The number of thiazole rings is 1. The summed E-state index contributed by atoms with van der Waals surface area (Å²) in [5, 5.41) is 17.4. The number of guanidine groups is 1. The second-order valence-electron chi connectivity index (χ2n) is 5.63. The lowest BCUT2D eigenvalue weighted by Gasteiger charge is -2.15. The monoisotopic (exact) mass is 386 g/mol. The molecule has 0 fully saturated rings. The molecule has 5 nitrogen and oxygen atoms in total. The van der Waals surface area contributed by atoms with Gasteiger partial charge < -0.3 is 15.7 Å². The summed E-state index contributed by atoms with van der Waals surface area (Å²) in [6.45, 7) is 4.67. The Bertz CT molecular complexity index is 728. The van der Waals surface area contributed by atoms with Crippen LogP contribution in [-0.4, -0.2) is 29.1 Å². The lowest BCUT2D eigenvalue weighted by Crippen LogP contribution is -2.39. The topological polar surface area (TPSA) is 69.5 Å². The molecule has 0 aliphatic carbocycles. The van der Waals surface area contributed by atoms with Crippen LogP contribution in [0.5, 0.6) is 0 Å². The van der Waals surface area contributed by atoms with Gasteiger partial charge in [0.15, 0.2) is 11.7 Å². The number of aliphatic imine (C=N–C) groups is 1. The smallest absolute Gasteiger partial charge is 0.387 e. The molecule has 142 valence electrons. The standard InChI is InChI=1S/C17H21F3N4OS/c1-3-21-16(22-8-13(25)12-6-4-11(2)5-7-12)23-9-15-24-14(10-26-15)17(18,19)20/h4-7,10,13,25H,3,8-9H2,1-2H3,(H2,21,22,23). The van der Waals surface area contributed by atoms with E-state index in [1.54, 1.807) is 0 Å². The van der Waals surface area contributed by atoms with Crippen molar-refractivity contribution in [3.8, 4) is 0 Å². The Morgan fingerprint density at radius 2 is 1.96 bits per heavy atom. The van der Waals surface area contributed by atoms with Crippen molar-refractivity contribution in [1.29, 1.82) is 0 Å². The predicted octanol–water partition coefficient (Wildman–Crippen LogP) is 3.26. The van der Waals surface area contributed by atoms with Gasteiger partial charge >= 0.3 is 6.18 Å². The number of benzene rings is 1. The fraction of sp³-hybridized carbons (Fsp3) is 0.412. The minimum Gasteiger partial charge on any atom is -0.387 e. The summed E-state index contributed by atoms with van der Waals surface area (Å²) in [7, 11) is 0. The van der Waals surface area contributed by atoms with E-state index in [9.17, 15) is 18.3 Å². The van der Waals surface area contributed by atoms with Crippen LogP contribution in [0.15, 0.2) is 34.6 Å². The minimum atomic E-state index is -4.45. The maximum absolute atomic E-state index is 12.6. The molecule has 26 heavy (non-hydrogen) atoms. The average molecular weight is 386 g/mol. The van der Waals surface area contributed by atoms with Gasteiger partial charge in [-0.2, -0.15) is 13.2 Å². The van der Waals surface area contributed by atoms with E-state index in [0.29, 0.717) is 12.5 Å². The first-order valence-electron chi connectivity index (χ1n) is 8.08. The minimum absolute atomic E-state index is 0.0245. The fourth-order valence-electron chi connectivity index (χ4n) is 2.10. The number of aliphatic hydroxyl groups is 1. The number of hydrogen-bond acceptors (Lipinski definition) is 4. The van der Waals surface area contributed by atoms with Gasteiger partial charge in [-0.05, 0) is 19.4 Å². The number of aryl methyl sites for hydroxylation is 1. The quantitative estimate of drug-likeness (QED) is 0.527. The van der Waals surface area contributed by atoms with E-state index in [1.807, 2.05) is 38.1 Å². The molecule has 2 aromatic rings. The lowest BCUT2D eigenvalue weighted by atomic mass is 10.1. The summed E-state index contributed by atoms with van der Waals surface area (Å²) < 4.78 is 37.7. The van der Waals surface area contributed by atoms with Crippen molar-refractivity contribution in [1.82, 2.24) is 15.6 Å². The van der Waals surface area contributed by atoms with Crippen molar-refractivity contribution in [2.45, 2.75) is 32.7 Å². The van der Waals surface area contributed by atoms with E-state index >= 15 is 0 Å². The van der Waals surface area contributed by atoms with Gasteiger partial charge in [-0.1, -0.05) is 29.8 Å². The molecule has 3 N–H and O–H groups in total. The molecule has 1 unspecified atom stereocenters. The molecule has 1 aromatic carbocycles. The largest absolute Gasteiger partial charge is 0.434 e. The Balaban J connectivity index is 1.95. The molecular weight excluding hydrogens is 365 g/mol. The first-order chi connectivity index (χ1) is 12.3. The third kappa shape index (κ3) is 5.99. The number of hydrogen-bond donors (Lipinski definition) is 3. The lowest BCUT2D eigenvalue weighted by molar-refractivity contribution is -0.140. The van der Waals surface area contributed by atoms with Crippen LogP contribution in [-0.2, 0) is 12.7 Å². The number of aliphatic hydroxyl groups excluding tert-OH is 1. The number of alkyl halides is 3. The second kappa shape index (κ2) is 9.00. The zero-order chi connectivity index (χ0) is 19.2. The van der Waals surface area contributed by atoms with Crippen LogP contribution in [0.25, 0.3) is 0 Å². The van der Waals surface area contributed by atoms with E-state index in [2.05, 4.69) is 20.6 Å². The Morgan fingerprint density at radius 1 is 1.27 bits per heavy atom. The molecule has 1 aromatic heterocycles. The fourth-order valence-corrected chi connectivity index (χ4v) is 2.83. The number of aromatic nitrogens is 1. The number of halogens is 3. The molecule has 0 saturated heterocycles. The van der Waals surface area contributed by atoms with Crippen LogP contribution in [0.4, 0.5) is 13.2 Å². The summed E-state index contributed by atoms with van der Waals surface area (Å²) >= 11 is 0.916. The van der Waals surface area contributed by atoms with Gasteiger partial charge in [0.1, 0.15) is 5.01 Å². The number of rotatable bonds is 6. The van der Waals surface area contributed by atoms with Crippen LogP contribution < -0.4 is 10.6 Å². The Labute approximate surface area is 154 Å². The van der Waals surface area contributed by atoms with E-state index < -0.39 is 18.0 Å². The zero-order valence-corrected chi connectivity index (χ0v) is 15.3. The third-order valence-electron chi connectivity index (χ3n) is 3.48. The normalized spacial score (nSPS) is 13.5. The van der Waals surface area contributed by atoms with Crippen molar-refractivity contribution in [2.75, 3.05) is 13.1 Å². The van der Waals surface area contributed by atoms with Gasteiger partial charge in [0.25, 0.3) is 0 Å².